The molecular formula is C23H30Cl2FN3. The van der Waals surface area contributed by atoms with Crippen LogP contribution in [0.3, 0.4) is 0 Å². The number of nitrogens with two attached hydrogens (primary N) is 1. The molecule has 1 heterocycles. The van der Waals surface area contributed by atoms with E-state index in [0.717, 1.165) is 11.5 Å². The van der Waals surface area contributed by atoms with Gasteiger partial charge in [-0.1, -0.05) is 89.2 Å². The van der Waals surface area contributed by atoms with Gasteiger partial charge in [-0.3, -0.25) is 0 Å². The quantitative estimate of drug-likeness (QED) is 0.449. The van der Waals surface area contributed by atoms with Crippen molar-refractivity contribution in [3.63, 3.8) is 0 Å². The fourth-order valence-corrected chi connectivity index (χ4v) is 2.94. The van der Waals surface area contributed by atoms with E-state index in [1.54, 1.807) is 24.3 Å². The lowest BCUT2D eigenvalue weighted by atomic mass is 10.0. The first-order valence-electron chi connectivity index (χ1n) is 9.90. The van der Waals surface area contributed by atoms with Gasteiger partial charge in [-0.15, -0.1) is 0 Å². The van der Waals surface area contributed by atoms with Crippen molar-refractivity contribution in [3.05, 3.63) is 52.5 Å². The molecule has 0 spiro atoms. The van der Waals surface area contributed by atoms with Gasteiger partial charge in [-0.2, -0.15) is 0 Å². The number of halogens is 3. The SMILES string of the molecule is CCC.CCCC(C)C.Nc1ncnc2c(F)ccc(-c3ccc(Cl)c(Cl)c3)c12. The number of nitrogens with zero attached hydrogens (tertiary/aromatic N) is 2. The molecule has 29 heavy (non-hydrogen) atoms. The van der Waals surface area contributed by atoms with Crippen LogP contribution in [0.2, 0.25) is 10.0 Å². The van der Waals surface area contributed by atoms with Crippen molar-refractivity contribution < 1.29 is 4.39 Å². The van der Waals surface area contributed by atoms with Gasteiger partial charge in [-0.05, 0) is 35.2 Å². The maximum atomic E-state index is 13.8. The third kappa shape index (κ3) is 7.45. The maximum absolute atomic E-state index is 13.8. The summed E-state index contributed by atoms with van der Waals surface area (Å²) in [5.74, 6) is 0.670. The minimum atomic E-state index is -0.446. The van der Waals surface area contributed by atoms with E-state index in [0.29, 0.717) is 21.0 Å². The number of nitrogen functional groups attached to an aromatic ring is 1. The van der Waals surface area contributed by atoms with Crippen molar-refractivity contribution >= 4 is 39.9 Å². The van der Waals surface area contributed by atoms with E-state index in [-0.39, 0.29) is 11.3 Å². The highest BCUT2D eigenvalue weighted by Crippen LogP contribution is 2.34. The van der Waals surface area contributed by atoms with E-state index in [1.165, 1.54) is 31.7 Å². The molecule has 0 aliphatic rings. The molecule has 0 amide bonds. The molecule has 3 rings (SSSR count). The van der Waals surface area contributed by atoms with Crippen LogP contribution < -0.4 is 5.73 Å². The normalized spacial score (nSPS) is 10.2. The minimum Gasteiger partial charge on any atom is -0.383 e. The summed E-state index contributed by atoms with van der Waals surface area (Å²) in [6, 6.07) is 8.12. The molecule has 0 saturated carbocycles. The fraction of sp³-hybridized carbons (Fsp3) is 0.391. The Balaban J connectivity index is 0.000000397. The van der Waals surface area contributed by atoms with Crippen molar-refractivity contribution in [1.29, 1.82) is 0 Å². The molecule has 6 heteroatoms. The van der Waals surface area contributed by atoms with Crippen molar-refractivity contribution in [3.8, 4) is 11.1 Å². The summed E-state index contributed by atoms with van der Waals surface area (Å²) in [6.45, 7) is 11.0. The number of anilines is 1. The topological polar surface area (TPSA) is 51.8 Å². The van der Waals surface area contributed by atoms with Crippen LogP contribution >= 0.6 is 23.2 Å². The zero-order valence-corrected chi connectivity index (χ0v) is 19.3. The van der Waals surface area contributed by atoms with Gasteiger partial charge in [0.15, 0.2) is 0 Å². The van der Waals surface area contributed by atoms with Crippen molar-refractivity contribution in [2.45, 2.75) is 53.9 Å². The third-order valence-electron chi connectivity index (χ3n) is 3.87. The van der Waals surface area contributed by atoms with Crippen LogP contribution in [0.25, 0.3) is 22.0 Å². The van der Waals surface area contributed by atoms with Gasteiger partial charge in [0.25, 0.3) is 0 Å². The largest absolute Gasteiger partial charge is 0.383 e. The number of hydrogen-bond acceptors (Lipinski definition) is 3. The highest BCUT2D eigenvalue weighted by molar-refractivity contribution is 6.42. The van der Waals surface area contributed by atoms with Crippen LogP contribution in [0.1, 0.15) is 53.9 Å². The Morgan fingerprint density at radius 1 is 1.00 bits per heavy atom. The zero-order valence-electron chi connectivity index (χ0n) is 17.8. The third-order valence-corrected chi connectivity index (χ3v) is 4.60. The molecule has 0 radical (unpaired) electrons. The summed E-state index contributed by atoms with van der Waals surface area (Å²) in [5, 5.41) is 1.33. The minimum absolute atomic E-state index is 0.182. The van der Waals surface area contributed by atoms with Crippen LogP contribution in [-0.2, 0) is 0 Å². The maximum Gasteiger partial charge on any atom is 0.149 e. The van der Waals surface area contributed by atoms with Gasteiger partial charge in [0.2, 0.25) is 0 Å². The molecule has 3 aromatic rings. The predicted octanol–water partition coefficient (Wildman–Crippen LogP) is 8.18. The second-order valence-corrected chi connectivity index (χ2v) is 7.91. The molecule has 1 aromatic heterocycles. The van der Waals surface area contributed by atoms with Crippen LogP contribution in [0.5, 0.6) is 0 Å². The Morgan fingerprint density at radius 3 is 2.17 bits per heavy atom. The molecule has 0 fully saturated rings. The molecule has 0 unspecified atom stereocenters. The van der Waals surface area contributed by atoms with Gasteiger partial charge in [0.1, 0.15) is 23.5 Å². The van der Waals surface area contributed by atoms with Gasteiger partial charge >= 0.3 is 0 Å². The second kappa shape index (κ2) is 12.6. The average Bonchev–Trinajstić information content (AvgIpc) is 2.66. The number of rotatable bonds is 3. The van der Waals surface area contributed by atoms with E-state index >= 15 is 0 Å². The van der Waals surface area contributed by atoms with Crippen LogP contribution in [0, 0.1) is 11.7 Å². The Morgan fingerprint density at radius 2 is 1.66 bits per heavy atom. The van der Waals surface area contributed by atoms with Crippen molar-refractivity contribution in [1.82, 2.24) is 9.97 Å². The molecule has 158 valence electrons. The molecule has 3 nitrogen and oxygen atoms in total. The van der Waals surface area contributed by atoms with Crippen molar-refractivity contribution in [2.24, 2.45) is 5.92 Å². The summed E-state index contributed by atoms with van der Waals surface area (Å²) in [7, 11) is 0. The Kier molecular flexibility index (Phi) is 10.9. The Hall–Kier alpha value is -1.91. The highest BCUT2D eigenvalue weighted by Gasteiger charge is 2.13. The first-order valence-corrected chi connectivity index (χ1v) is 10.7. The van der Waals surface area contributed by atoms with Crippen LogP contribution in [0.4, 0.5) is 10.2 Å². The number of benzene rings is 2. The van der Waals surface area contributed by atoms with Crippen molar-refractivity contribution in [2.75, 3.05) is 5.73 Å². The highest BCUT2D eigenvalue weighted by atomic mass is 35.5. The molecule has 0 saturated heterocycles. The molecule has 0 atom stereocenters. The number of aromatic nitrogens is 2. The lowest BCUT2D eigenvalue weighted by Crippen LogP contribution is -1.97. The Labute approximate surface area is 183 Å². The molecule has 0 aliphatic heterocycles. The molecule has 0 aliphatic carbocycles. The summed E-state index contributed by atoms with van der Waals surface area (Å²) < 4.78 is 13.8. The standard InChI is InChI=1S/C14H8Cl2FN3.C6H14.C3H8/c15-9-3-1-7(5-10(9)16)8-2-4-11(17)13-12(8)14(18)20-6-19-13;1-4-5-6(2)3;1-3-2/h1-6H,(H2,18,19,20);6H,4-5H2,1-3H3;3H2,1-2H3. The van der Waals surface area contributed by atoms with E-state index < -0.39 is 5.82 Å². The molecule has 2 N–H and O–H groups in total. The lowest BCUT2D eigenvalue weighted by Gasteiger charge is -2.09. The van der Waals surface area contributed by atoms with Gasteiger partial charge in [0.05, 0.1) is 15.4 Å². The summed E-state index contributed by atoms with van der Waals surface area (Å²) in [5.41, 5.74) is 7.51. The molecular weight excluding hydrogens is 408 g/mol. The second-order valence-electron chi connectivity index (χ2n) is 7.10. The van der Waals surface area contributed by atoms with Crippen LogP contribution in [0.15, 0.2) is 36.7 Å². The monoisotopic (exact) mass is 437 g/mol. The van der Waals surface area contributed by atoms with Gasteiger partial charge in [0, 0.05) is 0 Å². The summed E-state index contributed by atoms with van der Waals surface area (Å²) in [6.07, 6.45) is 5.19. The Bertz CT molecular complexity index is 914. The summed E-state index contributed by atoms with van der Waals surface area (Å²) in [4.78, 5) is 7.86. The van der Waals surface area contributed by atoms with Gasteiger partial charge < -0.3 is 5.73 Å². The first-order chi connectivity index (χ1) is 13.8. The lowest BCUT2D eigenvalue weighted by molar-refractivity contribution is 0.576. The van der Waals surface area contributed by atoms with E-state index in [1.807, 2.05) is 0 Å². The molecule has 2 aromatic carbocycles. The smallest absolute Gasteiger partial charge is 0.149 e. The van der Waals surface area contributed by atoms with Gasteiger partial charge in [-0.25, -0.2) is 14.4 Å². The van der Waals surface area contributed by atoms with E-state index in [4.69, 9.17) is 28.9 Å². The number of hydrogen-bond donors (Lipinski definition) is 1. The predicted molar refractivity (Wildman–Crippen MR) is 125 cm³/mol. The number of fused-ring (bicyclic) bond motifs is 1. The fourth-order valence-electron chi connectivity index (χ4n) is 2.65. The average molecular weight is 438 g/mol. The van der Waals surface area contributed by atoms with Crippen LogP contribution in [-0.4, -0.2) is 9.97 Å². The molecule has 0 bridgehead atoms. The summed E-state index contributed by atoms with van der Waals surface area (Å²) >= 11 is 11.9. The first kappa shape index (κ1) is 25.1. The van der Waals surface area contributed by atoms with E-state index in [2.05, 4.69) is 44.6 Å². The zero-order chi connectivity index (χ0) is 22.0. The van der Waals surface area contributed by atoms with E-state index in [9.17, 15) is 4.39 Å².